The Morgan fingerprint density at radius 3 is 0.880 bits per heavy atom. The number of nitrogens with zero attached hydrogens (tertiary/aromatic N) is 4. The number of anilines is 6. The molecule has 0 radical (unpaired) electrons. The Balaban J connectivity index is 0.927. The standard InChI is InChI=1S/C120H97BN4/c1-117(2,3)86-60-84(61-87(70-86)118(4,5)6)98-66-81(74-34-18-13-19-35-74)64-96(77-40-24-16-25-41-77)115(98)124-106-72-90(122-102-50-30-28-46-92(102)93-47-29-31-51-103(93)122)54-56-100(106)121-101-57-55-91(123-104-58-52-79-44-32-48-94-95-49-33-45-80-53-59-105(123)113(111(80)95)112(104)110(79)94)73-107(101)125(109-69-83(68-108(124)114(109)121)76-38-22-15-23-39-76)116-97(78-42-26-17-27-43-78)65-82(75-36-20-14-21-37-75)67-99(116)85-62-88(119(7,8)9)71-89(63-85)120(10,11)12/h13-73H,1-12H3. The third kappa shape index (κ3) is 12.2. The summed E-state index contributed by atoms with van der Waals surface area (Å²) < 4.78 is 5.14. The van der Waals surface area contributed by atoms with Gasteiger partial charge in [0.25, 0.3) is 6.71 Å². The monoisotopic (exact) mass is 1600 g/mol. The summed E-state index contributed by atoms with van der Waals surface area (Å²) in [5.41, 5.74) is 37.3. The van der Waals surface area contributed by atoms with E-state index in [1.807, 2.05) is 0 Å². The van der Waals surface area contributed by atoms with Crippen LogP contribution >= 0.6 is 0 Å². The molecule has 21 aromatic rings. The van der Waals surface area contributed by atoms with Crippen molar-refractivity contribution in [2.75, 3.05) is 9.80 Å². The van der Waals surface area contributed by atoms with Crippen LogP contribution in [0.2, 0.25) is 0 Å². The topological polar surface area (TPSA) is 16.3 Å². The van der Waals surface area contributed by atoms with Crippen molar-refractivity contribution in [1.29, 1.82) is 0 Å². The molecule has 0 atom stereocenters. The summed E-state index contributed by atoms with van der Waals surface area (Å²) in [6, 6.07) is 143. The zero-order valence-electron chi connectivity index (χ0n) is 73.1. The van der Waals surface area contributed by atoms with Gasteiger partial charge < -0.3 is 18.9 Å². The molecule has 0 aliphatic carbocycles. The molecule has 0 unspecified atom stereocenters. The smallest absolute Gasteiger partial charge is 0.252 e. The SMILES string of the molecule is CC(C)(C)c1cc(-c2cc(-c3ccccc3)cc(-c3ccccc3)c2N2c3cc(-n4c5ccccc5c5ccccc54)ccc3B3c4ccc(-n5c6ccc7cccc8c9cccc%10ccc5c(c%109)c6c78)cc4N(c4c(-c5ccccc5)cc(-c5ccccc5)cc4-c4cc(C(C)(C)C)cc(C(C)(C)C)c4)c4cc(-c5ccccc5)cc2c43)cc(C(C)(C)C)c1. The van der Waals surface area contributed by atoms with Crippen LogP contribution in [0.3, 0.4) is 0 Å². The predicted molar refractivity (Wildman–Crippen MR) is 537 cm³/mol. The molecule has 23 rings (SSSR count). The molecule has 2 aliphatic rings. The van der Waals surface area contributed by atoms with E-state index in [9.17, 15) is 0 Å². The van der Waals surface area contributed by atoms with E-state index in [2.05, 4.69) is 472 Å². The minimum Gasteiger partial charge on any atom is -0.310 e. The third-order valence-electron chi connectivity index (χ3n) is 27.3. The van der Waals surface area contributed by atoms with E-state index in [1.54, 1.807) is 0 Å². The summed E-state index contributed by atoms with van der Waals surface area (Å²) >= 11 is 0. The second kappa shape index (κ2) is 28.1. The van der Waals surface area contributed by atoms with Crippen molar-refractivity contribution >= 4 is 133 Å². The first kappa shape index (κ1) is 75.7. The van der Waals surface area contributed by atoms with Crippen LogP contribution in [-0.4, -0.2) is 15.8 Å². The van der Waals surface area contributed by atoms with Crippen LogP contribution in [0.4, 0.5) is 34.1 Å². The molecular weight excluding hydrogens is 1510 g/mol. The van der Waals surface area contributed by atoms with E-state index in [-0.39, 0.29) is 28.4 Å². The Labute approximate surface area is 733 Å². The van der Waals surface area contributed by atoms with Gasteiger partial charge in [-0.05, 0) is 233 Å². The van der Waals surface area contributed by atoms with E-state index < -0.39 is 0 Å². The van der Waals surface area contributed by atoms with E-state index >= 15 is 0 Å². The largest absolute Gasteiger partial charge is 0.310 e. The molecule has 5 heteroatoms. The Morgan fingerprint density at radius 2 is 0.520 bits per heavy atom. The Morgan fingerprint density at radius 1 is 0.208 bits per heavy atom. The molecule has 19 aromatic carbocycles. The summed E-state index contributed by atoms with van der Waals surface area (Å²) in [6.07, 6.45) is 0. The van der Waals surface area contributed by atoms with Crippen LogP contribution in [-0.2, 0) is 21.7 Å². The highest BCUT2D eigenvalue weighted by Gasteiger charge is 2.47. The van der Waals surface area contributed by atoms with Gasteiger partial charge in [-0.25, -0.2) is 0 Å². The molecule has 0 bridgehead atoms. The van der Waals surface area contributed by atoms with Crippen molar-refractivity contribution in [3.63, 3.8) is 0 Å². The lowest BCUT2D eigenvalue weighted by atomic mass is 9.33. The molecule has 2 aliphatic heterocycles. The molecule has 0 saturated heterocycles. The van der Waals surface area contributed by atoms with Gasteiger partial charge in [-0.15, -0.1) is 0 Å². The van der Waals surface area contributed by atoms with Gasteiger partial charge in [0, 0.05) is 77.9 Å². The van der Waals surface area contributed by atoms with Gasteiger partial charge >= 0.3 is 0 Å². The fourth-order valence-electron chi connectivity index (χ4n) is 21.0. The maximum absolute atomic E-state index is 2.79. The molecular formula is C120H97BN4. The molecule has 0 fully saturated rings. The van der Waals surface area contributed by atoms with Crippen LogP contribution in [0, 0.1) is 0 Å². The van der Waals surface area contributed by atoms with Gasteiger partial charge in [0.2, 0.25) is 0 Å². The third-order valence-corrected chi connectivity index (χ3v) is 27.3. The number of rotatable bonds is 11. The van der Waals surface area contributed by atoms with E-state index in [0.717, 1.165) is 123 Å². The summed E-state index contributed by atoms with van der Waals surface area (Å²) in [5.74, 6) is 0. The first-order chi connectivity index (χ1) is 60.5. The zero-order valence-corrected chi connectivity index (χ0v) is 73.1. The van der Waals surface area contributed by atoms with Crippen molar-refractivity contribution in [2.24, 2.45) is 0 Å². The average Bonchev–Trinajstić information content (AvgIpc) is 1.68. The van der Waals surface area contributed by atoms with Gasteiger partial charge in [0.05, 0.1) is 33.4 Å². The Kier molecular flexibility index (Phi) is 17.0. The molecule has 0 N–H and O–H groups in total. The molecule has 4 heterocycles. The van der Waals surface area contributed by atoms with Crippen molar-refractivity contribution in [2.45, 2.75) is 105 Å². The van der Waals surface area contributed by atoms with E-state index in [4.69, 9.17) is 0 Å². The minimum absolute atomic E-state index is 0.206. The number of hydrogen-bond acceptors (Lipinski definition) is 2. The van der Waals surface area contributed by atoms with Gasteiger partial charge in [0.15, 0.2) is 0 Å². The quantitative estimate of drug-likeness (QED) is 0.0729. The second-order valence-corrected chi connectivity index (χ2v) is 39.2. The summed E-state index contributed by atoms with van der Waals surface area (Å²) in [6.45, 7) is 28.2. The molecule has 600 valence electrons. The molecule has 0 saturated carbocycles. The highest BCUT2D eigenvalue weighted by Crippen LogP contribution is 2.58. The number of fused-ring (bicyclic) bond motifs is 8. The highest BCUT2D eigenvalue weighted by atomic mass is 15.2. The summed E-state index contributed by atoms with van der Waals surface area (Å²) in [5, 5.41) is 12.7. The van der Waals surface area contributed by atoms with Crippen LogP contribution in [0.15, 0.2) is 370 Å². The Hall–Kier alpha value is -14.3. The molecule has 4 nitrogen and oxygen atoms in total. The lowest BCUT2D eigenvalue weighted by Gasteiger charge is -2.46. The number of aromatic nitrogens is 2. The highest BCUT2D eigenvalue weighted by molar-refractivity contribution is 7.00. The van der Waals surface area contributed by atoms with E-state index in [1.165, 1.54) is 115 Å². The van der Waals surface area contributed by atoms with Crippen molar-refractivity contribution in [1.82, 2.24) is 9.13 Å². The van der Waals surface area contributed by atoms with Gasteiger partial charge in [-0.1, -0.05) is 368 Å². The van der Waals surface area contributed by atoms with Crippen molar-refractivity contribution < 1.29 is 0 Å². The fraction of sp³-hybridized carbons (Fsp3) is 0.133. The first-order valence-electron chi connectivity index (χ1n) is 44.5. The minimum atomic E-state index is -0.338. The van der Waals surface area contributed by atoms with E-state index in [0.29, 0.717) is 0 Å². The van der Waals surface area contributed by atoms with Gasteiger partial charge in [0.1, 0.15) is 0 Å². The number of para-hydroxylation sites is 2. The first-order valence-corrected chi connectivity index (χ1v) is 44.5. The Bertz CT molecular complexity index is 7680. The average molecular weight is 1610 g/mol. The lowest BCUT2D eigenvalue weighted by Crippen LogP contribution is -2.61. The second-order valence-electron chi connectivity index (χ2n) is 39.2. The predicted octanol–water partition coefficient (Wildman–Crippen LogP) is 31.2. The van der Waals surface area contributed by atoms with Crippen molar-refractivity contribution in [3.8, 4) is 89.3 Å². The number of benzene rings is 19. The lowest BCUT2D eigenvalue weighted by molar-refractivity contribution is 0.568. The summed E-state index contributed by atoms with van der Waals surface area (Å²) in [4.78, 5) is 5.56. The van der Waals surface area contributed by atoms with Crippen LogP contribution in [0.25, 0.3) is 165 Å². The molecule has 2 aromatic heterocycles. The maximum atomic E-state index is 2.79. The zero-order chi connectivity index (χ0) is 84.8. The molecule has 0 spiro atoms. The van der Waals surface area contributed by atoms with Gasteiger partial charge in [-0.2, -0.15) is 0 Å². The van der Waals surface area contributed by atoms with Gasteiger partial charge in [-0.3, -0.25) is 0 Å². The number of hydrogen-bond donors (Lipinski definition) is 0. The van der Waals surface area contributed by atoms with Crippen LogP contribution in [0.1, 0.15) is 105 Å². The fourth-order valence-corrected chi connectivity index (χ4v) is 21.0. The van der Waals surface area contributed by atoms with Crippen molar-refractivity contribution in [3.05, 3.63) is 392 Å². The normalized spacial score (nSPS) is 13.1. The van der Waals surface area contributed by atoms with Crippen LogP contribution in [0.5, 0.6) is 0 Å². The molecule has 0 amide bonds. The maximum Gasteiger partial charge on any atom is 0.252 e. The summed E-state index contributed by atoms with van der Waals surface area (Å²) in [7, 11) is 0. The van der Waals surface area contributed by atoms with Crippen LogP contribution < -0.4 is 26.2 Å². The molecule has 125 heavy (non-hydrogen) atoms.